The summed E-state index contributed by atoms with van der Waals surface area (Å²) in [5, 5.41) is 12.0. The topological polar surface area (TPSA) is 108 Å². The highest BCUT2D eigenvalue weighted by molar-refractivity contribution is 6.34. The number of likely N-dealkylation sites (N-methyl/N-ethyl adjacent to an activating group) is 1. The van der Waals surface area contributed by atoms with E-state index in [1.54, 1.807) is 46.8 Å². The van der Waals surface area contributed by atoms with Crippen LogP contribution < -0.4 is 10.1 Å². The number of nitriles is 1. The van der Waals surface area contributed by atoms with E-state index in [1.165, 1.54) is 43.8 Å². The van der Waals surface area contributed by atoms with Crippen LogP contribution in [0.2, 0.25) is 5.02 Å². The number of fused-ring (bicyclic) bond motifs is 1. The zero-order valence-corrected chi connectivity index (χ0v) is 25.0. The van der Waals surface area contributed by atoms with Crippen molar-refractivity contribution in [3.05, 3.63) is 71.1 Å². The molecule has 0 saturated carbocycles. The minimum absolute atomic E-state index is 0.0427. The number of halogens is 3. The number of hydrogen-bond donors (Lipinski definition) is 1. The average Bonchev–Trinajstić information content (AvgIpc) is 3.47. The Balaban J connectivity index is 1.23. The van der Waals surface area contributed by atoms with Gasteiger partial charge in [0.25, 0.3) is 5.91 Å². The first-order valence-corrected chi connectivity index (χ1v) is 14.7. The van der Waals surface area contributed by atoms with Gasteiger partial charge in [-0.25, -0.2) is 14.4 Å². The molecule has 44 heavy (non-hydrogen) atoms. The summed E-state index contributed by atoms with van der Waals surface area (Å²) in [5.41, 5.74) is 1.49. The minimum atomic E-state index is -1.20. The number of imidazole rings is 1. The first kappa shape index (κ1) is 31.1. The van der Waals surface area contributed by atoms with Crippen molar-refractivity contribution in [3.63, 3.8) is 0 Å². The molecule has 13 heteroatoms. The molecule has 1 amide bonds. The van der Waals surface area contributed by atoms with Crippen LogP contribution in [0, 0.1) is 23.0 Å². The highest BCUT2D eigenvalue weighted by Gasteiger charge is 2.20. The van der Waals surface area contributed by atoms with Crippen molar-refractivity contribution in [2.45, 2.75) is 19.3 Å². The summed E-state index contributed by atoms with van der Waals surface area (Å²) in [6.45, 7) is 4.25. The van der Waals surface area contributed by atoms with E-state index in [9.17, 15) is 13.6 Å². The van der Waals surface area contributed by atoms with E-state index in [0.29, 0.717) is 42.5 Å². The van der Waals surface area contributed by atoms with E-state index in [1.807, 2.05) is 0 Å². The molecule has 1 N–H and O–H groups in total. The van der Waals surface area contributed by atoms with Crippen molar-refractivity contribution in [3.8, 4) is 23.1 Å². The monoisotopic (exact) mass is 623 g/mol. The highest BCUT2D eigenvalue weighted by Crippen LogP contribution is 2.32. The van der Waals surface area contributed by atoms with Gasteiger partial charge in [-0.15, -0.1) is 0 Å². The molecule has 0 aliphatic carbocycles. The molecule has 0 radical (unpaired) electrons. The number of carbonyl (C=O) groups is 1. The van der Waals surface area contributed by atoms with Crippen LogP contribution in [0.1, 0.15) is 29.6 Å². The molecule has 2 aromatic heterocycles. The Kier molecular flexibility index (Phi) is 10.2. The molecule has 2 aromatic carbocycles. The number of nitrogens with one attached hydrogen (secondary N) is 1. The van der Waals surface area contributed by atoms with Crippen LogP contribution in [0.4, 0.5) is 20.3 Å². The van der Waals surface area contributed by atoms with Crippen molar-refractivity contribution in [2.75, 3.05) is 58.4 Å². The van der Waals surface area contributed by atoms with Gasteiger partial charge in [0.05, 0.1) is 35.7 Å². The summed E-state index contributed by atoms with van der Waals surface area (Å²) in [6.07, 6.45) is 8.24. The number of benzene rings is 2. The van der Waals surface area contributed by atoms with E-state index >= 15 is 0 Å². The SMILES string of the molecule is CN(CCOCCN1CCCCC1)C(=O)c1ccc(Nc2nccn3c(-c4ccc(OCC#N)c(F)c4F)cnc23)cc1Cl. The summed E-state index contributed by atoms with van der Waals surface area (Å²) in [4.78, 5) is 25.7. The predicted molar refractivity (Wildman–Crippen MR) is 162 cm³/mol. The first-order valence-electron chi connectivity index (χ1n) is 14.3. The van der Waals surface area contributed by atoms with Crippen LogP contribution >= 0.6 is 11.6 Å². The van der Waals surface area contributed by atoms with E-state index in [0.717, 1.165) is 19.6 Å². The maximum Gasteiger partial charge on any atom is 0.255 e. The number of nitrogens with zero attached hydrogens (tertiary/aromatic N) is 6. The van der Waals surface area contributed by atoms with E-state index in [4.69, 9.17) is 26.3 Å². The molecule has 1 fully saturated rings. The molecule has 5 rings (SSSR count). The molecule has 1 aliphatic heterocycles. The molecule has 3 heterocycles. The molecule has 10 nitrogen and oxygen atoms in total. The number of hydrogen-bond acceptors (Lipinski definition) is 8. The third-order valence-corrected chi connectivity index (χ3v) is 7.74. The van der Waals surface area contributed by atoms with E-state index in [2.05, 4.69) is 20.2 Å². The average molecular weight is 624 g/mol. The molecule has 230 valence electrons. The molecule has 0 spiro atoms. The van der Waals surface area contributed by atoms with Crippen LogP contribution in [0.25, 0.3) is 16.9 Å². The van der Waals surface area contributed by atoms with Crippen molar-refractivity contribution in [1.29, 1.82) is 5.26 Å². The fourth-order valence-corrected chi connectivity index (χ4v) is 5.31. The Morgan fingerprint density at radius 2 is 1.95 bits per heavy atom. The van der Waals surface area contributed by atoms with Gasteiger partial charge in [0.15, 0.2) is 29.6 Å². The molecular formula is C31H32ClF2N7O3. The lowest BCUT2D eigenvalue weighted by Crippen LogP contribution is -2.34. The number of carbonyl (C=O) groups excluding carboxylic acids is 1. The second-order valence-corrected chi connectivity index (χ2v) is 10.8. The van der Waals surface area contributed by atoms with Gasteiger partial charge in [-0.2, -0.15) is 9.65 Å². The fraction of sp³-hybridized carbons (Fsp3) is 0.355. The maximum absolute atomic E-state index is 14.9. The summed E-state index contributed by atoms with van der Waals surface area (Å²) in [7, 11) is 1.71. The lowest BCUT2D eigenvalue weighted by atomic mass is 10.1. The molecule has 4 aromatic rings. The van der Waals surface area contributed by atoms with Gasteiger partial charge in [0, 0.05) is 43.8 Å². The third kappa shape index (κ3) is 7.07. The Morgan fingerprint density at radius 1 is 1.14 bits per heavy atom. The van der Waals surface area contributed by atoms with Gasteiger partial charge in [-0.1, -0.05) is 18.0 Å². The van der Waals surface area contributed by atoms with Crippen LogP contribution in [0.15, 0.2) is 48.9 Å². The van der Waals surface area contributed by atoms with Crippen molar-refractivity contribution >= 4 is 34.7 Å². The second kappa shape index (κ2) is 14.4. The summed E-state index contributed by atoms with van der Waals surface area (Å²) in [5.74, 6) is -2.57. The van der Waals surface area contributed by atoms with Crippen LogP contribution in [-0.2, 0) is 4.74 Å². The van der Waals surface area contributed by atoms with Gasteiger partial charge >= 0.3 is 0 Å². The highest BCUT2D eigenvalue weighted by atomic mass is 35.5. The predicted octanol–water partition coefficient (Wildman–Crippen LogP) is 5.55. The van der Waals surface area contributed by atoms with Crippen molar-refractivity contribution in [1.82, 2.24) is 24.2 Å². The summed E-state index contributed by atoms with van der Waals surface area (Å²) >= 11 is 6.51. The third-order valence-electron chi connectivity index (χ3n) is 7.42. The number of rotatable bonds is 12. The fourth-order valence-electron chi connectivity index (χ4n) is 5.05. The normalized spacial score (nSPS) is 13.5. The van der Waals surface area contributed by atoms with Gasteiger partial charge in [0.2, 0.25) is 5.82 Å². The lowest BCUT2D eigenvalue weighted by molar-refractivity contribution is 0.0637. The molecular weight excluding hydrogens is 592 g/mol. The molecule has 0 unspecified atom stereocenters. The van der Waals surface area contributed by atoms with Gasteiger partial charge in [-0.3, -0.25) is 9.20 Å². The molecule has 1 saturated heterocycles. The van der Waals surface area contributed by atoms with E-state index in [-0.39, 0.29) is 27.9 Å². The summed E-state index contributed by atoms with van der Waals surface area (Å²) in [6, 6.07) is 9.28. The number of ether oxygens (including phenoxy) is 2. The molecule has 0 atom stereocenters. The first-order chi connectivity index (χ1) is 21.4. The number of anilines is 2. The van der Waals surface area contributed by atoms with Crippen molar-refractivity contribution in [2.24, 2.45) is 0 Å². The lowest BCUT2D eigenvalue weighted by Gasteiger charge is -2.26. The number of likely N-dealkylation sites (tertiary alicyclic amines) is 1. The maximum atomic E-state index is 14.9. The van der Waals surface area contributed by atoms with Gasteiger partial charge in [0.1, 0.15) is 6.07 Å². The van der Waals surface area contributed by atoms with E-state index < -0.39 is 18.2 Å². The standard InChI is InChI=1S/C31H32ClF2N7O3/c1-39(14-17-43-18-15-40-11-3-2-4-12-40)31(42)22-6-5-21(19-24(22)32)38-29-30-37-20-25(41(30)13-10-36-29)23-7-8-26(44-16-9-35)28(34)27(23)33/h5-8,10,13,19-20H,2-4,11-12,14-18H2,1H3,(H,36,38). The smallest absolute Gasteiger partial charge is 0.255 e. The Morgan fingerprint density at radius 3 is 2.73 bits per heavy atom. The van der Waals surface area contributed by atoms with Gasteiger partial charge < -0.3 is 24.6 Å². The minimum Gasteiger partial charge on any atom is -0.476 e. The Bertz CT molecular complexity index is 1670. The quantitative estimate of drug-likeness (QED) is 0.205. The van der Waals surface area contributed by atoms with Crippen LogP contribution in [0.3, 0.4) is 0 Å². The Labute approximate surface area is 258 Å². The number of piperidine rings is 1. The van der Waals surface area contributed by atoms with Crippen molar-refractivity contribution < 1.29 is 23.0 Å². The zero-order chi connectivity index (χ0) is 31.1. The molecule has 1 aliphatic rings. The van der Waals surface area contributed by atoms with Crippen LogP contribution in [0.5, 0.6) is 5.75 Å². The number of amides is 1. The van der Waals surface area contributed by atoms with Crippen LogP contribution in [-0.4, -0.2) is 83.1 Å². The molecule has 0 bridgehead atoms. The second-order valence-electron chi connectivity index (χ2n) is 10.4. The number of aromatic nitrogens is 3. The zero-order valence-electron chi connectivity index (χ0n) is 24.2. The Hall–Kier alpha value is -4.31. The van der Waals surface area contributed by atoms with Gasteiger partial charge in [-0.05, 0) is 56.3 Å². The largest absolute Gasteiger partial charge is 0.476 e. The summed E-state index contributed by atoms with van der Waals surface area (Å²) < 4.78 is 41.8.